The van der Waals surface area contributed by atoms with Crippen LogP contribution in [0.1, 0.15) is 62.1 Å². The number of hydrogen-bond donors (Lipinski definition) is 0. The highest BCUT2D eigenvalue weighted by atomic mass is 35.6. The van der Waals surface area contributed by atoms with Gasteiger partial charge in [0.05, 0.1) is 5.69 Å². The van der Waals surface area contributed by atoms with Crippen molar-refractivity contribution in [2.24, 2.45) is 0 Å². The average molecular weight is 517 g/mol. The van der Waals surface area contributed by atoms with Gasteiger partial charge in [-0.25, -0.2) is 4.98 Å². The largest absolute Gasteiger partial charge is 0.322 e. The molecule has 1 unspecified atom stereocenters. The minimum atomic E-state index is -1.61. The number of carbonyl (C=O) groups is 1. The van der Waals surface area contributed by atoms with E-state index in [2.05, 4.69) is 0 Å². The molecular formula is C24H32Cl3N3OS. The quantitative estimate of drug-likeness (QED) is 0.419. The lowest BCUT2D eigenvalue weighted by atomic mass is 10.0. The number of nitrogens with zero attached hydrogens (tertiary/aromatic N) is 3. The number of hydrogen-bond acceptors (Lipinski definition) is 4. The summed E-state index contributed by atoms with van der Waals surface area (Å²) in [5.74, 6) is 0.00703. The molecule has 0 radical (unpaired) electrons. The number of carbonyl (C=O) groups excluding carboxylic acids is 1. The van der Waals surface area contributed by atoms with Gasteiger partial charge in [-0.2, -0.15) is 0 Å². The van der Waals surface area contributed by atoms with Crippen molar-refractivity contribution in [1.29, 1.82) is 0 Å². The highest BCUT2D eigenvalue weighted by molar-refractivity contribution is 7.15. The molecule has 1 fully saturated rings. The predicted octanol–water partition coefficient (Wildman–Crippen LogP) is 6.81. The molecule has 4 rings (SSSR count). The number of rotatable bonds is 4. The molecule has 1 atom stereocenters. The second-order valence-electron chi connectivity index (χ2n) is 7.96. The summed E-state index contributed by atoms with van der Waals surface area (Å²) in [5, 5.41) is 0.872. The van der Waals surface area contributed by atoms with E-state index in [1.54, 1.807) is 16.2 Å². The lowest BCUT2D eigenvalue weighted by Crippen LogP contribution is -2.50. The van der Waals surface area contributed by atoms with Crippen LogP contribution in [-0.2, 0) is 24.1 Å². The van der Waals surface area contributed by atoms with Gasteiger partial charge in [-0.3, -0.25) is 4.79 Å². The number of alkyl halides is 3. The number of benzene rings is 1. The van der Waals surface area contributed by atoms with E-state index in [9.17, 15) is 4.79 Å². The Hall–Kier alpha value is -1.01. The molecule has 1 amide bonds. The highest BCUT2D eigenvalue weighted by Gasteiger charge is 2.48. The van der Waals surface area contributed by atoms with Gasteiger partial charge in [0.2, 0.25) is 9.70 Å². The van der Waals surface area contributed by atoms with Gasteiger partial charge in [-0.05, 0) is 37.7 Å². The molecule has 2 heterocycles. The first kappa shape index (κ1) is 25.6. The number of aromatic nitrogens is 1. The number of anilines is 1. The summed E-state index contributed by atoms with van der Waals surface area (Å²) >= 11 is 20.9. The molecule has 1 aliphatic carbocycles. The molecule has 8 heteroatoms. The average Bonchev–Trinajstić information content (AvgIpc) is 3.38. The van der Waals surface area contributed by atoms with Crippen molar-refractivity contribution in [2.45, 2.75) is 75.2 Å². The first-order chi connectivity index (χ1) is 15.4. The molecule has 1 aliphatic heterocycles. The van der Waals surface area contributed by atoms with Gasteiger partial charge in [-0.1, -0.05) is 91.8 Å². The summed E-state index contributed by atoms with van der Waals surface area (Å²) in [4.78, 5) is 23.0. The maximum absolute atomic E-state index is 13.0. The van der Waals surface area contributed by atoms with E-state index < -0.39 is 9.96 Å². The zero-order valence-corrected chi connectivity index (χ0v) is 21.9. The first-order valence-electron chi connectivity index (χ1n) is 11.6. The fourth-order valence-electron chi connectivity index (χ4n) is 4.30. The number of fused-ring (bicyclic) bond motifs is 1. The molecule has 2 aliphatic rings. The predicted molar refractivity (Wildman–Crippen MR) is 137 cm³/mol. The van der Waals surface area contributed by atoms with Gasteiger partial charge in [0.1, 0.15) is 0 Å². The maximum atomic E-state index is 13.0. The molecule has 0 bridgehead atoms. The van der Waals surface area contributed by atoms with Gasteiger partial charge in [0.15, 0.2) is 11.3 Å². The third kappa shape index (κ3) is 6.31. The van der Waals surface area contributed by atoms with Crippen LogP contribution in [0.4, 0.5) is 5.13 Å². The summed E-state index contributed by atoms with van der Waals surface area (Å²) in [5.41, 5.74) is 2.32. The summed E-state index contributed by atoms with van der Waals surface area (Å²) in [6.07, 6.45) is 7.42. The molecule has 1 aromatic carbocycles. The Kier molecular flexibility index (Phi) is 9.54. The van der Waals surface area contributed by atoms with Crippen molar-refractivity contribution < 1.29 is 4.79 Å². The fourth-order valence-corrected chi connectivity index (χ4v) is 6.20. The lowest BCUT2D eigenvalue weighted by Gasteiger charge is -2.34. The van der Waals surface area contributed by atoms with Gasteiger partial charge < -0.3 is 9.80 Å². The van der Waals surface area contributed by atoms with Gasteiger partial charge >= 0.3 is 0 Å². The monoisotopic (exact) mass is 515 g/mol. The third-order valence-electron chi connectivity index (χ3n) is 5.84. The van der Waals surface area contributed by atoms with Crippen molar-refractivity contribution in [1.82, 2.24) is 9.88 Å². The van der Waals surface area contributed by atoms with Crippen LogP contribution in [0.3, 0.4) is 0 Å². The van der Waals surface area contributed by atoms with Gasteiger partial charge in [0, 0.05) is 24.4 Å². The van der Waals surface area contributed by atoms with E-state index in [1.807, 2.05) is 49.1 Å². The van der Waals surface area contributed by atoms with Crippen LogP contribution in [0.25, 0.3) is 0 Å². The summed E-state index contributed by atoms with van der Waals surface area (Å²) in [6, 6.07) is 10.00. The topological polar surface area (TPSA) is 36.4 Å². The second kappa shape index (κ2) is 11.9. The normalized spacial score (nSPS) is 19.0. The Morgan fingerprint density at radius 3 is 2.44 bits per heavy atom. The Balaban J connectivity index is 0.00000141. The van der Waals surface area contributed by atoms with Gasteiger partial charge in [-0.15, -0.1) is 11.3 Å². The van der Waals surface area contributed by atoms with E-state index in [-0.39, 0.29) is 5.91 Å². The van der Waals surface area contributed by atoms with Crippen molar-refractivity contribution >= 4 is 57.2 Å². The Labute approximate surface area is 210 Å². The Bertz CT molecular complexity index is 844. The van der Waals surface area contributed by atoms with Crippen LogP contribution in [0.5, 0.6) is 0 Å². The number of amides is 1. The van der Waals surface area contributed by atoms with Crippen LogP contribution < -0.4 is 4.90 Å². The van der Waals surface area contributed by atoms with Crippen LogP contribution in [0, 0.1) is 0 Å². The molecule has 0 N–H and O–H groups in total. The second-order valence-corrected chi connectivity index (χ2v) is 11.4. The SMILES string of the molecule is CC.O=C(CCc1ccccc1)N1CCN(c2nc3c(s2)CCCCCC3)C1C(Cl)(Cl)Cl. The van der Waals surface area contributed by atoms with Crippen molar-refractivity contribution in [3.05, 3.63) is 46.5 Å². The molecule has 0 spiro atoms. The van der Waals surface area contributed by atoms with Gasteiger partial charge in [0.25, 0.3) is 0 Å². The standard InChI is InChI=1S/C22H26Cl3N3OS.C2H6/c23-22(24,25)20-27(19(29)13-12-16-8-4-3-5-9-16)14-15-28(20)21-26-17-10-6-1-2-7-11-18(17)30-21;1-2/h3-5,8-9,20H,1-2,6-7,10-15H2;1-2H3. The molecule has 1 aromatic heterocycles. The molecule has 1 saturated heterocycles. The molecule has 4 nitrogen and oxygen atoms in total. The Morgan fingerprint density at radius 1 is 1.06 bits per heavy atom. The van der Waals surface area contributed by atoms with Crippen molar-refractivity contribution in [2.75, 3.05) is 18.0 Å². The van der Waals surface area contributed by atoms with E-state index in [4.69, 9.17) is 39.8 Å². The van der Waals surface area contributed by atoms with E-state index in [0.717, 1.165) is 23.5 Å². The van der Waals surface area contributed by atoms with Crippen LogP contribution in [-0.4, -0.2) is 38.8 Å². The van der Waals surface area contributed by atoms with Crippen molar-refractivity contribution in [3.8, 4) is 0 Å². The zero-order valence-electron chi connectivity index (χ0n) is 18.8. The highest BCUT2D eigenvalue weighted by Crippen LogP contribution is 2.42. The summed E-state index contributed by atoms with van der Waals surface area (Å²) < 4.78 is -1.61. The zero-order chi connectivity index (χ0) is 23.1. The number of aryl methyl sites for hydroxylation is 3. The number of halogens is 3. The summed E-state index contributed by atoms with van der Waals surface area (Å²) in [6.45, 7) is 5.17. The molecular weight excluding hydrogens is 485 g/mol. The molecule has 32 heavy (non-hydrogen) atoms. The smallest absolute Gasteiger partial charge is 0.228 e. The first-order valence-corrected chi connectivity index (χ1v) is 13.5. The fraction of sp³-hybridized carbons (Fsp3) is 0.583. The van der Waals surface area contributed by atoms with E-state index in [1.165, 1.54) is 36.3 Å². The van der Waals surface area contributed by atoms with Crippen LogP contribution in [0.2, 0.25) is 0 Å². The maximum Gasteiger partial charge on any atom is 0.228 e. The molecule has 0 saturated carbocycles. The van der Waals surface area contributed by atoms with Crippen molar-refractivity contribution in [3.63, 3.8) is 0 Å². The minimum Gasteiger partial charge on any atom is -0.322 e. The van der Waals surface area contributed by atoms with E-state index in [0.29, 0.717) is 25.9 Å². The minimum absolute atomic E-state index is 0.00703. The van der Waals surface area contributed by atoms with Crippen LogP contribution >= 0.6 is 46.1 Å². The Morgan fingerprint density at radius 2 is 1.75 bits per heavy atom. The third-order valence-corrected chi connectivity index (χ3v) is 7.62. The summed E-state index contributed by atoms with van der Waals surface area (Å²) in [7, 11) is 0. The molecule has 176 valence electrons. The number of thiazole rings is 1. The van der Waals surface area contributed by atoms with E-state index >= 15 is 0 Å². The van der Waals surface area contributed by atoms with Crippen LogP contribution in [0.15, 0.2) is 30.3 Å². The lowest BCUT2D eigenvalue weighted by molar-refractivity contribution is -0.131. The molecule has 2 aromatic rings.